The molecule has 13 heteroatoms. The van der Waals surface area contributed by atoms with Crippen LogP contribution in [0.25, 0.3) is 0 Å². The molecule has 5 N–H and O–H groups in total. The monoisotopic (exact) mass is 531 g/mol. The molecule has 1 fully saturated rings. The largest absolute Gasteiger partial charge is 0.507 e. The standard InChI is InChI=1S/C23H33NO11S/c1-3-32-22(30)23(2)12-36-20(24-23)14-5-4-13(10-15(14)26)33-8-6-31-7-9-34-21-19(29)18(28)17(27)16(11-25)35-21/h4-5,10,16-19,21,25-29H,3,6-9,11-12H2,1-2H3/t16-,17-,18+,19-,21+,23-/m1/s1. The molecular formula is C23H33NO11S. The Morgan fingerprint density at radius 1 is 1.17 bits per heavy atom. The van der Waals surface area contributed by atoms with Gasteiger partial charge >= 0.3 is 5.97 Å². The lowest BCUT2D eigenvalue weighted by Gasteiger charge is -2.39. The highest BCUT2D eigenvalue weighted by Gasteiger charge is 2.44. The van der Waals surface area contributed by atoms with Crippen molar-refractivity contribution < 1.29 is 54.0 Å². The van der Waals surface area contributed by atoms with E-state index in [1.807, 2.05) is 0 Å². The van der Waals surface area contributed by atoms with Crippen LogP contribution in [0.3, 0.4) is 0 Å². The lowest BCUT2D eigenvalue weighted by atomic mass is 9.99. The smallest absolute Gasteiger partial charge is 0.334 e. The van der Waals surface area contributed by atoms with Crippen molar-refractivity contribution in [3.8, 4) is 11.5 Å². The van der Waals surface area contributed by atoms with Gasteiger partial charge in [0.2, 0.25) is 0 Å². The van der Waals surface area contributed by atoms with Crippen LogP contribution in [0.5, 0.6) is 11.5 Å². The van der Waals surface area contributed by atoms with Crippen LogP contribution in [0.1, 0.15) is 19.4 Å². The molecule has 2 aliphatic heterocycles. The van der Waals surface area contributed by atoms with Crippen LogP contribution in [0.2, 0.25) is 0 Å². The molecule has 1 aromatic rings. The number of carbonyl (C=O) groups excluding carboxylic acids is 1. The normalized spacial score (nSPS) is 30.2. The summed E-state index contributed by atoms with van der Waals surface area (Å²) in [5.74, 6) is 0.427. The molecule has 1 aromatic carbocycles. The molecule has 0 saturated carbocycles. The molecule has 0 amide bonds. The van der Waals surface area contributed by atoms with E-state index >= 15 is 0 Å². The van der Waals surface area contributed by atoms with E-state index in [9.17, 15) is 30.3 Å². The summed E-state index contributed by atoms with van der Waals surface area (Å²) >= 11 is 1.37. The van der Waals surface area contributed by atoms with Crippen LogP contribution in [-0.4, -0.2) is 118 Å². The minimum atomic E-state index is -1.50. The fourth-order valence-corrected chi connectivity index (χ4v) is 4.75. The second kappa shape index (κ2) is 13.0. The molecule has 202 valence electrons. The van der Waals surface area contributed by atoms with Crippen LogP contribution in [0, 0.1) is 0 Å². The Hall–Kier alpha value is -1.97. The van der Waals surface area contributed by atoms with E-state index in [1.165, 1.54) is 17.8 Å². The van der Waals surface area contributed by atoms with Crippen molar-refractivity contribution in [1.29, 1.82) is 0 Å². The van der Waals surface area contributed by atoms with Gasteiger partial charge in [-0.1, -0.05) is 0 Å². The first kappa shape index (κ1) is 28.6. The predicted molar refractivity (Wildman–Crippen MR) is 128 cm³/mol. The maximum Gasteiger partial charge on any atom is 0.334 e. The number of aromatic hydroxyl groups is 1. The summed E-state index contributed by atoms with van der Waals surface area (Å²) in [7, 11) is 0. The van der Waals surface area contributed by atoms with Gasteiger partial charge in [0.05, 0.1) is 33.0 Å². The number of hydrogen-bond donors (Lipinski definition) is 5. The molecule has 1 saturated heterocycles. The van der Waals surface area contributed by atoms with Crippen molar-refractivity contribution in [3.05, 3.63) is 23.8 Å². The zero-order chi connectivity index (χ0) is 26.3. The Morgan fingerprint density at radius 3 is 2.61 bits per heavy atom. The van der Waals surface area contributed by atoms with Crippen LogP contribution < -0.4 is 4.74 Å². The summed E-state index contributed by atoms with van der Waals surface area (Å²) in [5.41, 5.74) is -0.483. The van der Waals surface area contributed by atoms with Gasteiger partial charge in [0.15, 0.2) is 11.8 Å². The van der Waals surface area contributed by atoms with Crippen LogP contribution in [0.15, 0.2) is 23.2 Å². The van der Waals surface area contributed by atoms with Gasteiger partial charge in [0.25, 0.3) is 0 Å². The third-order valence-electron chi connectivity index (χ3n) is 5.61. The molecule has 36 heavy (non-hydrogen) atoms. The van der Waals surface area contributed by atoms with Crippen molar-refractivity contribution in [2.75, 3.05) is 45.4 Å². The first-order valence-electron chi connectivity index (χ1n) is 11.6. The van der Waals surface area contributed by atoms with Gasteiger partial charge in [0, 0.05) is 17.4 Å². The van der Waals surface area contributed by atoms with Crippen LogP contribution >= 0.6 is 11.8 Å². The molecule has 2 aliphatic rings. The first-order valence-corrected chi connectivity index (χ1v) is 12.5. The number of aliphatic imine (C=N–C) groups is 1. The fraction of sp³-hybridized carbons (Fsp3) is 0.652. The first-order chi connectivity index (χ1) is 17.2. The van der Waals surface area contributed by atoms with E-state index in [0.717, 1.165) is 0 Å². The fourth-order valence-electron chi connectivity index (χ4n) is 3.56. The van der Waals surface area contributed by atoms with Crippen LogP contribution in [0.4, 0.5) is 0 Å². The lowest BCUT2D eigenvalue weighted by molar-refractivity contribution is -0.302. The van der Waals surface area contributed by atoms with Gasteiger partial charge in [-0.05, 0) is 26.0 Å². The van der Waals surface area contributed by atoms with E-state index in [-0.39, 0.29) is 38.8 Å². The van der Waals surface area contributed by atoms with Crippen molar-refractivity contribution in [2.45, 2.75) is 50.1 Å². The molecule has 0 bridgehead atoms. The van der Waals surface area contributed by atoms with E-state index < -0.39 is 48.8 Å². The molecule has 0 radical (unpaired) electrons. The third-order valence-corrected chi connectivity index (χ3v) is 6.90. The zero-order valence-electron chi connectivity index (χ0n) is 20.1. The molecule has 2 heterocycles. The Bertz CT molecular complexity index is 914. The molecule has 0 spiro atoms. The molecule has 0 unspecified atom stereocenters. The number of thioether (sulfide) groups is 1. The lowest BCUT2D eigenvalue weighted by Crippen LogP contribution is -2.59. The predicted octanol–water partition coefficient (Wildman–Crippen LogP) is -0.581. The van der Waals surface area contributed by atoms with Gasteiger partial charge in [-0.2, -0.15) is 0 Å². The maximum absolute atomic E-state index is 12.2. The molecule has 6 atom stereocenters. The third kappa shape index (κ3) is 6.86. The number of aliphatic hydroxyl groups excluding tert-OH is 4. The van der Waals surface area contributed by atoms with E-state index in [1.54, 1.807) is 26.0 Å². The van der Waals surface area contributed by atoms with E-state index in [0.29, 0.717) is 22.1 Å². The minimum absolute atomic E-state index is 0.0271. The number of nitrogens with zero attached hydrogens (tertiary/aromatic N) is 1. The number of carbonyl (C=O) groups is 1. The number of rotatable bonds is 12. The quantitative estimate of drug-likeness (QED) is 0.172. The number of ether oxygens (including phenoxy) is 5. The van der Waals surface area contributed by atoms with Gasteiger partial charge in [-0.25, -0.2) is 4.79 Å². The zero-order valence-corrected chi connectivity index (χ0v) is 20.9. The summed E-state index contributed by atoms with van der Waals surface area (Å²) in [4.78, 5) is 16.6. The number of phenolic OH excluding ortho intramolecular Hbond substituents is 1. The van der Waals surface area contributed by atoms with Gasteiger partial charge in [0.1, 0.15) is 47.6 Å². The van der Waals surface area contributed by atoms with Gasteiger partial charge < -0.3 is 49.2 Å². The van der Waals surface area contributed by atoms with Crippen molar-refractivity contribution in [1.82, 2.24) is 0 Å². The minimum Gasteiger partial charge on any atom is -0.507 e. The number of hydrogen-bond acceptors (Lipinski definition) is 13. The average Bonchev–Trinajstić information content (AvgIpc) is 3.26. The summed E-state index contributed by atoms with van der Waals surface area (Å²) in [6.45, 7) is 3.75. The highest BCUT2D eigenvalue weighted by Crippen LogP contribution is 2.36. The van der Waals surface area contributed by atoms with Crippen molar-refractivity contribution in [3.63, 3.8) is 0 Å². The van der Waals surface area contributed by atoms with Gasteiger partial charge in [-0.3, -0.25) is 4.99 Å². The summed E-state index contributed by atoms with van der Waals surface area (Å²) in [6.07, 6.45) is -6.65. The van der Waals surface area contributed by atoms with Crippen LogP contribution in [-0.2, 0) is 23.7 Å². The average molecular weight is 532 g/mol. The van der Waals surface area contributed by atoms with Crippen molar-refractivity contribution in [2.24, 2.45) is 4.99 Å². The summed E-state index contributed by atoms with van der Waals surface area (Å²) in [5, 5.41) is 49.6. The molecule has 0 aromatic heterocycles. The second-order valence-corrected chi connectivity index (χ2v) is 9.37. The number of phenols is 1. The highest BCUT2D eigenvalue weighted by atomic mass is 32.2. The van der Waals surface area contributed by atoms with Gasteiger partial charge in [-0.15, -0.1) is 11.8 Å². The number of aliphatic hydroxyl groups is 4. The molecule has 0 aliphatic carbocycles. The summed E-state index contributed by atoms with van der Waals surface area (Å²) in [6, 6.07) is 4.81. The molecule has 3 rings (SSSR count). The second-order valence-electron chi connectivity index (χ2n) is 8.41. The summed E-state index contributed by atoms with van der Waals surface area (Å²) < 4.78 is 26.7. The Balaban J connectivity index is 1.39. The number of esters is 1. The molecule has 12 nitrogen and oxygen atoms in total. The number of benzene rings is 1. The highest BCUT2D eigenvalue weighted by molar-refractivity contribution is 8.14. The van der Waals surface area contributed by atoms with E-state index in [2.05, 4.69) is 4.99 Å². The Morgan fingerprint density at radius 2 is 1.92 bits per heavy atom. The molecular weight excluding hydrogens is 498 g/mol. The van der Waals surface area contributed by atoms with Crippen molar-refractivity contribution >= 4 is 22.8 Å². The SMILES string of the molecule is CCOC(=O)[C@@]1(C)CSC(c2ccc(OCCOCCO[C@H]3O[C@H](CO)[C@@H](O)[C@H](O)[C@H]3O)cc2O)=N1. The van der Waals surface area contributed by atoms with E-state index in [4.69, 9.17) is 23.7 Å². The Labute approximate surface area is 212 Å². The topological polar surface area (TPSA) is 177 Å². The Kier molecular flexibility index (Phi) is 10.3. The maximum atomic E-state index is 12.2.